The van der Waals surface area contributed by atoms with E-state index in [9.17, 15) is 19.1 Å². The van der Waals surface area contributed by atoms with Crippen LogP contribution in [0.1, 0.15) is 24.0 Å². The molecular weight excluding hydrogens is 453 g/mol. The number of carbonyl (C=O) groups excluding carboxylic acids is 2. The predicted octanol–water partition coefficient (Wildman–Crippen LogP) is 2.93. The highest BCUT2D eigenvalue weighted by Crippen LogP contribution is 2.37. The van der Waals surface area contributed by atoms with Crippen molar-refractivity contribution >= 4 is 11.9 Å². The van der Waals surface area contributed by atoms with Crippen LogP contribution in [0, 0.1) is 11.7 Å². The van der Waals surface area contributed by atoms with E-state index in [1.54, 1.807) is 31.4 Å². The molecule has 9 heteroatoms. The van der Waals surface area contributed by atoms with Gasteiger partial charge in [0.2, 0.25) is 0 Å². The third-order valence-corrected chi connectivity index (χ3v) is 7.06. The molecule has 0 aliphatic carbocycles. The van der Waals surface area contributed by atoms with Crippen molar-refractivity contribution < 1.29 is 28.6 Å². The Morgan fingerprint density at radius 2 is 1.91 bits per heavy atom. The molecule has 2 N–H and O–H groups in total. The number of likely N-dealkylation sites (tertiary alicyclic amines) is 1. The van der Waals surface area contributed by atoms with Crippen LogP contribution in [0.2, 0.25) is 0 Å². The fourth-order valence-corrected chi connectivity index (χ4v) is 5.18. The lowest BCUT2D eigenvalue weighted by Gasteiger charge is -2.41. The van der Waals surface area contributed by atoms with Crippen LogP contribution in [-0.4, -0.2) is 72.8 Å². The highest BCUT2D eigenvalue weighted by Gasteiger charge is 2.55. The second-order valence-corrected chi connectivity index (χ2v) is 9.20. The first-order valence-electron chi connectivity index (χ1n) is 11.8. The van der Waals surface area contributed by atoms with Gasteiger partial charge in [-0.2, -0.15) is 0 Å². The van der Waals surface area contributed by atoms with Gasteiger partial charge in [-0.05, 0) is 67.7 Å². The minimum atomic E-state index is -1.14. The zero-order valence-corrected chi connectivity index (χ0v) is 20.1. The summed E-state index contributed by atoms with van der Waals surface area (Å²) in [7, 11) is 3.11. The molecule has 0 bridgehead atoms. The molecule has 0 unspecified atom stereocenters. The zero-order chi connectivity index (χ0) is 25.0. The van der Waals surface area contributed by atoms with Crippen LogP contribution in [0.4, 0.5) is 9.18 Å². The van der Waals surface area contributed by atoms with Gasteiger partial charge in [-0.15, -0.1) is 0 Å². The maximum absolute atomic E-state index is 13.9. The van der Waals surface area contributed by atoms with E-state index in [0.717, 1.165) is 5.56 Å². The second kappa shape index (κ2) is 10.6. The Balaban J connectivity index is 1.53. The van der Waals surface area contributed by atoms with Crippen LogP contribution in [0.15, 0.2) is 42.5 Å². The zero-order valence-electron chi connectivity index (χ0n) is 20.1. The minimum Gasteiger partial charge on any atom is -0.508 e. The van der Waals surface area contributed by atoms with Crippen LogP contribution < -0.4 is 10.1 Å². The molecule has 2 fully saturated rings. The average Bonchev–Trinajstić information content (AvgIpc) is 3.09. The number of benzene rings is 2. The van der Waals surface area contributed by atoms with Gasteiger partial charge in [0.1, 0.15) is 22.9 Å². The number of nitrogens with one attached hydrogen (secondary N) is 1. The molecule has 188 valence electrons. The number of carbonyl (C=O) groups is 2. The fraction of sp³-hybridized carbons (Fsp3) is 0.462. The van der Waals surface area contributed by atoms with Crippen LogP contribution in [0.3, 0.4) is 0 Å². The SMILES string of the molecule is COCCN1C(=O)N[C@@](Cc2cccc(F)c2)(C2CCN(Cc3cc(OC)ccc3O)CC2)C1=O. The molecule has 2 aliphatic rings. The molecular formula is C26H32FN3O5. The molecule has 0 radical (unpaired) electrons. The maximum Gasteiger partial charge on any atom is 0.325 e. The molecule has 0 saturated carbocycles. The number of hydrogen-bond donors (Lipinski definition) is 2. The Kier molecular flexibility index (Phi) is 7.57. The standard InChI is InChI=1S/C26H32FN3O5/c1-34-13-12-30-24(32)26(28-25(30)33,16-18-4-3-5-21(27)14-18)20-8-10-29(11-9-20)17-19-15-22(35-2)6-7-23(19)31/h3-7,14-15,20,31H,8-13,16-17H2,1-2H3,(H,28,33)/t26-/m0/s1. The van der Waals surface area contributed by atoms with E-state index in [1.807, 2.05) is 6.07 Å². The molecule has 2 heterocycles. The summed E-state index contributed by atoms with van der Waals surface area (Å²) < 4.78 is 24.3. The van der Waals surface area contributed by atoms with Crippen LogP contribution >= 0.6 is 0 Å². The van der Waals surface area contributed by atoms with Crippen molar-refractivity contribution in [2.75, 3.05) is 40.5 Å². The highest BCUT2D eigenvalue weighted by molar-refractivity contribution is 6.07. The number of nitrogens with zero attached hydrogens (tertiary/aromatic N) is 2. The highest BCUT2D eigenvalue weighted by atomic mass is 19.1. The summed E-state index contributed by atoms with van der Waals surface area (Å²) in [4.78, 5) is 29.9. The first-order valence-corrected chi connectivity index (χ1v) is 11.8. The Labute approximate surface area is 204 Å². The van der Waals surface area contributed by atoms with Crippen LogP contribution in [-0.2, 0) is 22.5 Å². The molecule has 2 aromatic carbocycles. The van der Waals surface area contributed by atoms with Crippen LogP contribution in [0.25, 0.3) is 0 Å². The Morgan fingerprint density at radius 3 is 2.60 bits per heavy atom. The molecule has 1 atom stereocenters. The van der Waals surface area contributed by atoms with Gasteiger partial charge in [-0.25, -0.2) is 9.18 Å². The normalized spacial score (nSPS) is 21.4. The van der Waals surface area contributed by atoms with Gasteiger partial charge in [-0.1, -0.05) is 12.1 Å². The van der Waals surface area contributed by atoms with Gasteiger partial charge in [0.05, 0.1) is 20.3 Å². The third kappa shape index (κ3) is 5.26. The average molecular weight is 486 g/mol. The van der Waals surface area contributed by atoms with Gasteiger partial charge in [-0.3, -0.25) is 14.6 Å². The molecule has 0 aromatic heterocycles. The second-order valence-electron chi connectivity index (χ2n) is 9.20. The first-order chi connectivity index (χ1) is 16.9. The molecule has 2 aliphatic heterocycles. The number of aromatic hydroxyl groups is 1. The number of amides is 3. The molecule has 35 heavy (non-hydrogen) atoms. The Bertz CT molecular complexity index is 1070. The van der Waals surface area contributed by atoms with E-state index in [-0.39, 0.29) is 43.0 Å². The van der Waals surface area contributed by atoms with E-state index < -0.39 is 11.6 Å². The quantitative estimate of drug-likeness (QED) is 0.531. The van der Waals surface area contributed by atoms with Crippen molar-refractivity contribution in [1.82, 2.24) is 15.1 Å². The van der Waals surface area contributed by atoms with Crippen molar-refractivity contribution in [3.05, 3.63) is 59.4 Å². The number of urea groups is 1. The van der Waals surface area contributed by atoms with Crippen LogP contribution in [0.5, 0.6) is 11.5 Å². The van der Waals surface area contributed by atoms with Gasteiger partial charge in [0.15, 0.2) is 0 Å². The van der Waals surface area contributed by atoms with E-state index in [2.05, 4.69) is 10.2 Å². The number of piperidine rings is 1. The monoisotopic (exact) mass is 485 g/mol. The lowest BCUT2D eigenvalue weighted by molar-refractivity contribution is -0.134. The fourth-order valence-electron chi connectivity index (χ4n) is 5.18. The number of imide groups is 1. The Hall–Kier alpha value is -3.17. The first kappa shape index (κ1) is 24.9. The topological polar surface area (TPSA) is 91.3 Å². The summed E-state index contributed by atoms with van der Waals surface area (Å²) in [5.74, 6) is 0.107. The molecule has 0 spiro atoms. The molecule has 8 nitrogen and oxygen atoms in total. The minimum absolute atomic E-state index is 0.120. The van der Waals surface area contributed by atoms with Crippen molar-refractivity contribution in [3.8, 4) is 11.5 Å². The smallest absolute Gasteiger partial charge is 0.325 e. The van der Waals surface area contributed by atoms with E-state index >= 15 is 0 Å². The number of ether oxygens (including phenoxy) is 2. The van der Waals surface area contributed by atoms with Gasteiger partial charge in [0, 0.05) is 25.6 Å². The van der Waals surface area contributed by atoms with E-state index in [1.165, 1.54) is 24.1 Å². The van der Waals surface area contributed by atoms with Crippen molar-refractivity contribution in [2.45, 2.75) is 31.3 Å². The lowest BCUT2D eigenvalue weighted by Crippen LogP contribution is -2.57. The number of halogens is 1. The van der Waals surface area contributed by atoms with Gasteiger partial charge in [0.25, 0.3) is 5.91 Å². The van der Waals surface area contributed by atoms with Crippen molar-refractivity contribution in [3.63, 3.8) is 0 Å². The largest absolute Gasteiger partial charge is 0.508 e. The third-order valence-electron chi connectivity index (χ3n) is 7.06. The summed E-state index contributed by atoms with van der Waals surface area (Å²) in [5, 5.41) is 13.2. The van der Waals surface area contributed by atoms with E-state index in [4.69, 9.17) is 9.47 Å². The van der Waals surface area contributed by atoms with Crippen molar-refractivity contribution in [1.29, 1.82) is 0 Å². The number of phenolic OH excluding ortho intramolecular Hbond substituents is 1. The number of methoxy groups -OCH3 is 2. The molecule has 2 saturated heterocycles. The number of phenols is 1. The van der Waals surface area contributed by atoms with Crippen molar-refractivity contribution in [2.24, 2.45) is 5.92 Å². The maximum atomic E-state index is 13.9. The Morgan fingerprint density at radius 1 is 1.14 bits per heavy atom. The van der Waals surface area contributed by atoms with Gasteiger partial charge >= 0.3 is 6.03 Å². The lowest BCUT2D eigenvalue weighted by atomic mass is 9.74. The number of rotatable bonds is 9. The molecule has 3 amide bonds. The van der Waals surface area contributed by atoms with E-state index in [0.29, 0.717) is 43.8 Å². The molecule has 4 rings (SSSR count). The predicted molar refractivity (Wildman–Crippen MR) is 128 cm³/mol. The summed E-state index contributed by atoms with van der Waals surface area (Å²) >= 11 is 0. The molecule has 2 aromatic rings. The number of hydrogen-bond acceptors (Lipinski definition) is 6. The summed E-state index contributed by atoms with van der Waals surface area (Å²) in [6.07, 6.45) is 1.56. The van der Waals surface area contributed by atoms with Gasteiger partial charge < -0.3 is 19.9 Å². The summed E-state index contributed by atoms with van der Waals surface area (Å²) in [5.41, 5.74) is 0.298. The summed E-state index contributed by atoms with van der Waals surface area (Å²) in [6, 6.07) is 10.9. The summed E-state index contributed by atoms with van der Waals surface area (Å²) in [6.45, 7) is 2.34.